The Kier molecular flexibility index (Phi) is 7.41. The van der Waals surface area contributed by atoms with Crippen LogP contribution in [0.1, 0.15) is 55.7 Å². The molecular formula is C26H28ClNO4. The Labute approximate surface area is 194 Å². The summed E-state index contributed by atoms with van der Waals surface area (Å²) in [5.74, 6) is 0.200. The van der Waals surface area contributed by atoms with Gasteiger partial charge in [-0.3, -0.25) is 0 Å². The van der Waals surface area contributed by atoms with Crippen molar-refractivity contribution in [1.82, 2.24) is 4.98 Å². The second kappa shape index (κ2) is 10.0. The molecular weight excluding hydrogens is 426 g/mol. The molecule has 1 N–H and O–H groups in total. The number of carbonyl (C=O) groups is 1. The molecule has 0 fully saturated rings. The Bertz CT molecular complexity index is 1090. The molecule has 32 heavy (non-hydrogen) atoms. The Morgan fingerprint density at radius 3 is 2.38 bits per heavy atom. The van der Waals surface area contributed by atoms with E-state index in [4.69, 9.17) is 21.1 Å². The molecule has 6 heteroatoms. The van der Waals surface area contributed by atoms with Gasteiger partial charge < -0.3 is 14.6 Å². The van der Waals surface area contributed by atoms with E-state index >= 15 is 0 Å². The number of aromatic carboxylic acids is 1. The predicted octanol–water partition coefficient (Wildman–Crippen LogP) is 6.77. The van der Waals surface area contributed by atoms with E-state index in [0.29, 0.717) is 34.5 Å². The number of carboxylic acid groups (broad SMARTS) is 1. The zero-order valence-corrected chi connectivity index (χ0v) is 19.6. The lowest BCUT2D eigenvalue weighted by molar-refractivity contribution is 0.0693. The first-order valence-electron chi connectivity index (χ1n) is 10.6. The summed E-state index contributed by atoms with van der Waals surface area (Å²) in [7, 11) is 0. The number of hydrogen-bond donors (Lipinski definition) is 1. The Balaban J connectivity index is 1.89. The fourth-order valence-corrected chi connectivity index (χ4v) is 3.46. The van der Waals surface area contributed by atoms with E-state index in [0.717, 1.165) is 12.0 Å². The van der Waals surface area contributed by atoms with Crippen LogP contribution in [0.25, 0.3) is 11.3 Å². The van der Waals surface area contributed by atoms with Crippen LogP contribution in [0.3, 0.4) is 0 Å². The molecule has 0 unspecified atom stereocenters. The minimum absolute atomic E-state index is 0.0313. The molecule has 168 valence electrons. The van der Waals surface area contributed by atoms with Gasteiger partial charge in [-0.05, 0) is 66.8 Å². The summed E-state index contributed by atoms with van der Waals surface area (Å²) in [6.45, 7) is 8.95. The van der Waals surface area contributed by atoms with E-state index < -0.39 is 5.97 Å². The van der Waals surface area contributed by atoms with Gasteiger partial charge in [-0.25, -0.2) is 9.78 Å². The van der Waals surface area contributed by atoms with Gasteiger partial charge >= 0.3 is 5.97 Å². The molecule has 0 saturated heterocycles. The van der Waals surface area contributed by atoms with Gasteiger partial charge in [0.1, 0.15) is 18.1 Å². The lowest BCUT2D eigenvalue weighted by Crippen LogP contribution is -2.15. The van der Waals surface area contributed by atoms with Crippen molar-refractivity contribution in [2.45, 2.75) is 46.1 Å². The topological polar surface area (TPSA) is 68.7 Å². The number of benzene rings is 2. The SMILES string of the molecule is CCOc1cc(Cl)ccc1-c1ccc(C(=O)O)c(COc2ccc(C(C)(C)CC)cc2)n1. The van der Waals surface area contributed by atoms with Crippen LogP contribution in [0.15, 0.2) is 54.6 Å². The van der Waals surface area contributed by atoms with Crippen LogP contribution in [-0.4, -0.2) is 22.7 Å². The summed E-state index contributed by atoms with van der Waals surface area (Å²) in [5.41, 5.74) is 3.08. The Hall–Kier alpha value is -3.05. The van der Waals surface area contributed by atoms with Crippen molar-refractivity contribution >= 4 is 17.6 Å². The maximum atomic E-state index is 11.7. The molecule has 0 aliphatic rings. The molecule has 0 radical (unpaired) electrons. The number of halogens is 1. The molecule has 0 amide bonds. The lowest BCUT2D eigenvalue weighted by Gasteiger charge is -2.23. The van der Waals surface area contributed by atoms with Crippen LogP contribution < -0.4 is 9.47 Å². The molecule has 0 aliphatic carbocycles. The third kappa shape index (κ3) is 5.40. The number of rotatable bonds is 9. The number of ether oxygens (including phenoxy) is 2. The normalized spacial score (nSPS) is 11.3. The van der Waals surface area contributed by atoms with E-state index in [9.17, 15) is 9.90 Å². The van der Waals surface area contributed by atoms with Gasteiger partial charge in [-0.2, -0.15) is 0 Å². The molecule has 3 rings (SSSR count). The highest BCUT2D eigenvalue weighted by Crippen LogP contribution is 2.33. The van der Waals surface area contributed by atoms with Crippen molar-refractivity contribution in [3.63, 3.8) is 0 Å². The minimum Gasteiger partial charge on any atom is -0.493 e. The van der Waals surface area contributed by atoms with Gasteiger partial charge in [0.25, 0.3) is 0 Å². The first kappa shape index (κ1) is 23.6. The van der Waals surface area contributed by atoms with E-state index in [-0.39, 0.29) is 17.6 Å². The maximum absolute atomic E-state index is 11.7. The largest absolute Gasteiger partial charge is 0.493 e. The molecule has 1 heterocycles. The number of aromatic nitrogens is 1. The predicted molar refractivity (Wildman–Crippen MR) is 127 cm³/mol. The van der Waals surface area contributed by atoms with E-state index in [2.05, 4.69) is 25.8 Å². The summed E-state index contributed by atoms with van der Waals surface area (Å²) < 4.78 is 11.6. The zero-order valence-electron chi connectivity index (χ0n) is 18.8. The van der Waals surface area contributed by atoms with Crippen molar-refractivity contribution < 1.29 is 19.4 Å². The molecule has 0 bridgehead atoms. The van der Waals surface area contributed by atoms with Gasteiger partial charge in [0, 0.05) is 10.6 Å². The Morgan fingerprint density at radius 1 is 1.03 bits per heavy atom. The second-order valence-electron chi connectivity index (χ2n) is 8.12. The third-order valence-electron chi connectivity index (χ3n) is 5.62. The maximum Gasteiger partial charge on any atom is 0.337 e. The number of hydrogen-bond acceptors (Lipinski definition) is 4. The summed E-state index contributed by atoms with van der Waals surface area (Å²) in [6.07, 6.45) is 1.03. The summed E-state index contributed by atoms with van der Waals surface area (Å²) in [4.78, 5) is 16.3. The van der Waals surface area contributed by atoms with Gasteiger partial charge in [-0.15, -0.1) is 0 Å². The van der Waals surface area contributed by atoms with Crippen LogP contribution in [0.2, 0.25) is 5.02 Å². The highest BCUT2D eigenvalue weighted by molar-refractivity contribution is 6.30. The molecule has 0 atom stereocenters. The van der Waals surface area contributed by atoms with Crippen molar-refractivity contribution in [1.29, 1.82) is 0 Å². The zero-order chi connectivity index (χ0) is 23.3. The summed E-state index contributed by atoms with van der Waals surface area (Å²) in [6, 6.07) is 16.4. The van der Waals surface area contributed by atoms with Gasteiger partial charge in [-0.1, -0.05) is 44.5 Å². The van der Waals surface area contributed by atoms with E-state index in [1.165, 1.54) is 5.56 Å². The quantitative estimate of drug-likeness (QED) is 0.387. The fraction of sp³-hybridized carbons (Fsp3) is 0.308. The monoisotopic (exact) mass is 453 g/mol. The molecule has 0 aliphatic heterocycles. The van der Waals surface area contributed by atoms with Crippen LogP contribution >= 0.6 is 11.6 Å². The molecule has 2 aromatic carbocycles. The van der Waals surface area contributed by atoms with E-state index in [1.807, 2.05) is 37.3 Å². The fourth-order valence-electron chi connectivity index (χ4n) is 3.30. The van der Waals surface area contributed by atoms with Gasteiger partial charge in [0.05, 0.1) is 23.6 Å². The van der Waals surface area contributed by atoms with Crippen molar-refractivity contribution in [3.8, 4) is 22.8 Å². The number of carboxylic acids is 1. The van der Waals surface area contributed by atoms with Gasteiger partial charge in [0.2, 0.25) is 0 Å². The molecule has 1 aromatic heterocycles. The molecule has 0 saturated carbocycles. The van der Waals surface area contributed by atoms with Gasteiger partial charge in [0.15, 0.2) is 0 Å². The standard InChI is InChI=1S/C26H28ClNO4/c1-5-26(3,4)17-7-10-19(11-8-17)32-16-23-21(25(29)30)13-14-22(28-23)20-12-9-18(27)15-24(20)31-6-2/h7-15H,5-6,16H2,1-4H3,(H,29,30). The number of nitrogens with zero attached hydrogens (tertiary/aromatic N) is 1. The minimum atomic E-state index is -1.05. The summed E-state index contributed by atoms with van der Waals surface area (Å²) in [5, 5.41) is 10.2. The molecule has 0 spiro atoms. The van der Waals surface area contributed by atoms with Crippen molar-refractivity contribution in [2.75, 3.05) is 6.61 Å². The first-order chi connectivity index (χ1) is 15.2. The second-order valence-corrected chi connectivity index (χ2v) is 8.56. The Morgan fingerprint density at radius 2 is 1.75 bits per heavy atom. The average molecular weight is 454 g/mol. The highest BCUT2D eigenvalue weighted by atomic mass is 35.5. The summed E-state index contributed by atoms with van der Waals surface area (Å²) >= 11 is 6.11. The van der Waals surface area contributed by atoms with Crippen LogP contribution in [0.4, 0.5) is 0 Å². The highest BCUT2D eigenvalue weighted by Gasteiger charge is 2.19. The average Bonchev–Trinajstić information content (AvgIpc) is 2.78. The molecule has 3 aromatic rings. The lowest BCUT2D eigenvalue weighted by atomic mass is 9.82. The van der Waals surface area contributed by atoms with Crippen LogP contribution in [-0.2, 0) is 12.0 Å². The number of pyridine rings is 1. The van der Waals surface area contributed by atoms with E-state index in [1.54, 1.807) is 24.3 Å². The van der Waals surface area contributed by atoms with Crippen LogP contribution in [0, 0.1) is 0 Å². The smallest absolute Gasteiger partial charge is 0.337 e. The molecule has 5 nitrogen and oxygen atoms in total. The first-order valence-corrected chi connectivity index (χ1v) is 11.0. The van der Waals surface area contributed by atoms with Crippen molar-refractivity contribution in [3.05, 3.63) is 76.4 Å². The van der Waals surface area contributed by atoms with Crippen molar-refractivity contribution in [2.24, 2.45) is 0 Å². The van der Waals surface area contributed by atoms with Crippen LogP contribution in [0.5, 0.6) is 11.5 Å². The third-order valence-corrected chi connectivity index (χ3v) is 5.85.